The van der Waals surface area contributed by atoms with Gasteiger partial charge in [0.25, 0.3) is 0 Å². The summed E-state index contributed by atoms with van der Waals surface area (Å²) in [5, 5.41) is 9.59. The van der Waals surface area contributed by atoms with Gasteiger partial charge in [0, 0.05) is 25.9 Å². The lowest BCUT2D eigenvalue weighted by Gasteiger charge is -2.23. The van der Waals surface area contributed by atoms with E-state index >= 15 is 0 Å². The number of rotatable bonds is 6. The molecule has 24 heavy (non-hydrogen) atoms. The molecule has 1 saturated heterocycles. The van der Waals surface area contributed by atoms with Crippen LogP contribution in [0.15, 0.2) is 29.2 Å². The monoisotopic (exact) mass is 353 g/mol. The quantitative estimate of drug-likeness (QED) is 0.837. The Kier molecular flexibility index (Phi) is 4.57. The van der Waals surface area contributed by atoms with Gasteiger partial charge in [0.05, 0.1) is 10.3 Å². The third kappa shape index (κ3) is 3.28. The number of fused-ring (bicyclic) bond motifs is 1. The van der Waals surface area contributed by atoms with Crippen molar-refractivity contribution in [2.75, 3.05) is 32.5 Å². The zero-order valence-corrected chi connectivity index (χ0v) is 14.6. The fraction of sp³-hybridized carbons (Fsp3) is 0.588. The Balaban J connectivity index is 1.56. The molecule has 7 heteroatoms. The molecule has 0 amide bonds. The van der Waals surface area contributed by atoms with Gasteiger partial charge in [-0.2, -0.15) is 0 Å². The van der Waals surface area contributed by atoms with Crippen molar-refractivity contribution in [2.45, 2.75) is 24.2 Å². The van der Waals surface area contributed by atoms with E-state index in [1.807, 2.05) is 0 Å². The summed E-state index contributed by atoms with van der Waals surface area (Å²) in [6.07, 6.45) is 3.92. The van der Waals surface area contributed by atoms with Crippen LogP contribution in [0.1, 0.15) is 19.3 Å². The number of carboxylic acid groups (broad SMARTS) is 1. The van der Waals surface area contributed by atoms with Crippen molar-refractivity contribution in [3.63, 3.8) is 0 Å². The van der Waals surface area contributed by atoms with Gasteiger partial charge >= 0.3 is 5.97 Å². The zero-order chi connectivity index (χ0) is 17.4. The summed E-state index contributed by atoms with van der Waals surface area (Å²) in [4.78, 5) is 14.1. The Morgan fingerprint density at radius 2 is 2.25 bits per heavy atom. The minimum absolute atomic E-state index is 0.237. The molecule has 2 atom stereocenters. The summed E-state index contributed by atoms with van der Waals surface area (Å²) in [7, 11) is -3.25. The van der Waals surface area contributed by atoms with E-state index in [0.29, 0.717) is 25.4 Å². The van der Waals surface area contributed by atoms with Gasteiger partial charge in [0.15, 0.2) is 9.84 Å². The first-order valence-corrected chi connectivity index (χ1v) is 10.1. The van der Waals surface area contributed by atoms with Gasteiger partial charge in [-0.25, -0.2) is 8.42 Å². The highest BCUT2D eigenvalue weighted by Gasteiger charge is 2.54. The van der Waals surface area contributed by atoms with E-state index in [9.17, 15) is 18.3 Å². The molecule has 0 aromatic heterocycles. The van der Waals surface area contributed by atoms with Crippen LogP contribution < -0.4 is 4.74 Å². The fourth-order valence-electron chi connectivity index (χ4n) is 4.00. The van der Waals surface area contributed by atoms with E-state index in [1.54, 1.807) is 18.2 Å². The molecule has 0 spiro atoms. The molecule has 0 unspecified atom stereocenters. The number of likely N-dealkylation sites (tertiary alicyclic amines) is 1. The van der Waals surface area contributed by atoms with E-state index in [4.69, 9.17) is 4.74 Å². The highest BCUT2D eigenvalue weighted by molar-refractivity contribution is 7.90. The van der Waals surface area contributed by atoms with Gasteiger partial charge in [-0.15, -0.1) is 0 Å². The zero-order valence-electron chi connectivity index (χ0n) is 13.8. The highest BCUT2D eigenvalue weighted by atomic mass is 32.2. The number of carbonyl (C=O) groups is 1. The number of carboxylic acids is 1. The lowest BCUT2D eigenvalue weighted by Crippen LogP contribution is -2.36. The van der Waals surface area contributed by atoms with Crippen molar-refractivity contribution in [1.82, 2.24) is 4.90 Å². The number of hydrogen-bond donors (Lipinski definition) is 1. The summed E-state index contributed by atoms with van der Waals surface area (Å²) < 4.78 is 28.8. The van der Waals surface area contributed by atoms with Gasteiger partial charge in [0.1, 0.15) is 12.4 Å². The Morgan fingerprint density at radius 3 is 2.92 bits per heavy atom. The molecule has 2 aliphatic rings. The Labute approximate surface area is 142 Å². The van der Waals surface area contributed by atoms with Crippen LogP contribution in [0.5, 0.6) is 5.75 Å². The van der Waals surface area contributed by atoms with Crippen molar-refractivity contribution in [1.29, 1.82) is 0 Å². The van der Waals surface area contributed by atoms with Crippen LogP contribution in [0.2, 0.25) is 0 Å². The van der Waals surface area contributed by atoms with Crippen molar-refractivity contribution in [3.05, 3.63) is 24.3 Å². The third-order valence-corrected chi connectivity index (χ3v) is 6.39. The highest BCUT2D eigenvalue weighted by Crippen LogP contribution is 2.48. The minimum atomic E-state index is -3.25. The smallest absolute Gasteiger partial charge is 0.311 e. The predicted octanol–water partition coefficient (Wildman–Crippen LogP) is 1.66. The number of nitrogens with zero attached hydrogens (tertiary/aromatic N) is 1. The van der Waals surface area contributed by atoms with E-state index in [0.717, 1.165) is 25.8 Å². The maximum Gasteiger partial charge on any atom is 0.311 e. The number of aliphatic carboxylic acids is 1. The van der Waals surface area contributed by atoms with Gasteiger partial charge in [0.2, 0.25) is 0 Å². The summed E-state index contributed by atoms with van der Waals surface area (Å²) in [5.41, 5.74) is -0.573. The standard InChI is InChI=1S/C17H23NO5S/c1-24(21,22)15-6-2-5-14(10-15)23-9-8-18-11-13-4-3-7-17(13,12-18)16(19)20/h2,5-6,10,13H,3-4,7-9,11-12H2,1H3,(H,19,20)/t13-,17+/m0/s1. The predicted molar refractivity (Wildman–Crippen MR) is 88.9 cm³/mol. The van der Waals surface area contributed by atoms with Gasteiger partial charge < -0.3 is 9.84 Å². The van der Waals surface area contributed by atoms with E-state index in [1.165, 1.54) is 12.3 Å². The molecule has 0 bridgehead atoms. The summed E-state index contributed by atoms with van der Waals surface area (Å²) >= 11 is 0. The normalized spacial score (nSPS) is 27.1. The summed E-state index contributed by atoms with van der Waals surface area (Å²) in [6, 6.07) is 6.45. The average Bonchev–Trinajstić information content (AvgIpc) is 3.04. The lowest BCUT2D eigenvalue weighted by molar-refractivity contribution is -0.149. The van der Waals surface area contributed by atoms with E-state index in [-0.39, 0.29) is 10.8 Å². The largest absolute Gasteiger partial charge is 0.492 e. The summed E-state index contributed by atoms with van der Waals surface area (Å²) in [6.45, 7) is 2.45. The number of hydrogen-bond acceptors (Lipinski definition) is 5. The molecule has 0 radical (unpaired) electrons. The van der Waals surface area contributed by atoms with Crippen molar-refractivity contribution >= 4 is 15.8 Å². The third-order valence-electron chi connectivity index (χ3n) is 5.28. The fourth-order valence-corrected chi connectivity index (χ4v) is 4.66. The minimum Gasteiger partial charge on any atom is -0.492 e. The number of sulfone groups is 1. The molecule has 1 aliphatic heterocycles. The van der Waals surface area contributed by atoms with E-state index in [2.05, 4.69) is 4.90 Å². The molecule has 1 N–H and O–H groups in total. The Morgan fingerprint density at radius 1 is 1.46 bits per heavy atom. The lowest BCUT2D eigenvalue weighted by atomic mass is 9.81. The first kappa shape index (κ1) is 17.2. The second-order valence-corrected chi connectivity index (χ2v) is 8.90. The molecule has 1 aromatic carbocycles. The average molecular weight is 353 g/mol. The van der Waals surface area contributed by atoms with Crippen LogP contribution in [0.25, 0.3) is 0 Å². The molecule has 2 fully saturated rings. The van der Waals surface area contributed by atoms with Crippen LogP contribution >= 0.6 is 0 Å². The SMILES string of the molecule is CS(=O)(=O)c1cccc(OCCN2C[C@@H]3CCC[C@@]3(C(=O)O)C2)c1. The number of benzene rings is 1. The van der Waals surface area contributed by atoms with Crippen LogP contribution in [-0.4, -0.2) is 56.9 Å². The maximum atomic E-state index is 11.7. The molecule has 3 rings (SSSR count). The molecule has 1 aliphatic carbocycles. The second-order valence-electron chi connectivity index (χ2n) is 6.88. The molecular formula is C17H23NO5S. The summed E-state index contributed by atoms with van der Waals surface area (Å²) in [5.74, 6) is 0.0862. The first-order chi connectivity index (χ1) is 11.3. The van der Waals surface area contributed by atoms with Gasteiger partial charge in [-0.05, 0) is 37.0 Å². The molecule has 1 aromatic rings. The van der Waals surface area contributed by atoms with Gasteiger partial charge in [-0.1, -0.05) is 12.5 Å². The molecule has 1 heterocycles. The first-order valence-electron chi connectivity index (χ1n) is 8.20. The van der Waals surface area contributed by atoms with Crippen molar-refractivity contribution in [2.24, 2.45) is 11.3 Å². The topological polar surface area (TPSA) is 83.9 Å². The molecule has 1 saturated carbocycles. The van der Waals surface area contributed by atoms with Crippen LogP contribution in [0.4, 0.5) is 0 Å². The Bertz CT molecular complexity index is 732. The van der Waals surface area contributed by atoms with Crippen LogP contribution in [0.3, 0.4) is 0 Å². The van der Waals surface area contributed by atoms with Crippen LogP contribution in [-0.2, 0) is 14.6 Å². The van der Waals surface area contributed by atoms with Crippen LogP contribution in [0, 0.1) is 11.3 Å². The van der Waals surface area contributed by atoms with Crippen molar-refractivity contribution < 1.29 is 23.1 Å². The van der Waals surface area contributed by atoms with Crippen molar-refractivity contribution in [3.8, 4) is 5.75 Å². The molecule has 132 valence electrons. The second kappa shape index (κ2) is 6.37. The Hall–Kier alpha value is -1.60. The number of ether oxygens (including phenoxy) is 1. The molecule has 6 nitrogen and oxygen atoms in total. The van der Waals surface area contributed by atoms with Gasteiger partial charge in [-0.3, -0.25) is 9.69 Å². The maximum absolute atomic E-state index is 11.7. The van der Waals surface area contributed by atoms with E-state index < -0.39 is 21.2 Å². The molecular weight excluding hydrogens is 330 g/mol.